The lowest BCUT2D eigenvalue weighted by atomic mass is 10.7. The number of carbonyl (C=O) groups excluding carboxylic acids is 2. The van der Waals surface area contributed by atoms with E-state index in [1.54, 1.807) is 13.8 Å². The highest BCUT2D eigenvalue weighted by Gasteiger charge is 2.17. The van der Waals surface area contributed by atoms with Gasteiger partial charge >= 0.3 is 12.3 Å². The van der Waals surface area contributed by atoms with Crippen molar-refractivity contribution in [1.29, 1.82) is 0 Å². The first-order valence-electron chi connectivity index (χ1n) is 5.98. The third-order valence-corrected chi connectivity index (χ3v) is 1.52. The molecule has 0 aromatic carbocycles. The maximum atomic E-state index is 10.9. The van der Waals surface area contributed by atoms with E-state index in [-0.39, 0.29) is 0 Å². The second-order valence-electron chi connectivity index (χ2n) is 3.14. The summed E-state index contributed by atoms with van der Waals surface area (Å²) in [7, 11) is 0. The Morgan fingerprint density at radius 3 is 1.52 bits per heavy atom. The SMILES string of the molecule is CCOC(C)OOOC(=O)OC(=O)OOOC(C)OCC. The Morgan fingerprint density at radius 2 is 1.19 bits per heavy atom. The summed E-state index contributed by atoms with van der Waals surface area (Å²) in [6.45, 7) is 7.13. The average molecular weight is 314 g/mol. The van der Waals surface area contributed by atoms with Crippen molar-refractivity contribution < 1.29 is 53.4 Å². The first-order chi connectivity index (χ1) is 9.99. The average Bonchev–Trinajstić information content (AvgIpc) is 2.39. The zero-order valence-electron chi connectivity index (χ0n) is 12.1. The monoisotopic (exact) mass is 314 g/mol. The molecule has 0 fully saturated rings. The molecule has 0 amide bonds. The molecule has 0 bridgehead atoms. The zero-order valence-corrected chi connectivity index (χ0v) is 12.1. The van der Waals surface area contributed by atoms with Crippen molar-refractivity contribution in [3.63, 3.8) is 0 Å². The normalized spacial score (nSPS) is 13.3. The van der Waals surface area contributed by atoms with Crippen molar-refractivity contribution in [3.8, 4) is 0 Å². The minimum atomic E-state index is -1.55. The molecule has 11 nitrogen and oxygen atoms in total. The molecule has 0 N–H and O–H groups in total. The highest BCUT2D eigenvalue weighted by molar-refractivity contribution is 5.76. The van der Waals surface area contributed by atoms with Crippen LogP contribution in [0.3, 0.4) is 0 Å². The highest BCUT2D eigenvalue weighted by Crippen LogP contribution is 1.99. The Labute approximate surface area is 120 Å². The minimum absolute atomic E-state index is 0.360. The molecule has 124 valence electrons. The van der Waals surface area contributed by atoms with Crippen LogP contribution in [0.4, 0.5) is 9.59 Å². The number of carbonyl (C=O) groups is 2. The van der Waals surface area contributed by atoms with Crippen molar-refractivity contribution in [2.45, 2.75) is 40.3 Å². The summed E-state index contributed by atoms with van der Waals surface area (Å²) in [5.74, 6) is 0. The van der Waals surface area contributed by atoms with Gasteiger partial charge in [0, 0.05) is 13.2 Å². The van der Waals surface area contributed by atoms with E-state index >= 15 is 0 Å². The van der Waals surface area contributed by atoms with E-state index in [0.29, 0.717) is 13.2 Å². The molecule has 2 unspecified atom stereocenters. The van der Waals surface area contributed by atoms with E-state index in [0.717, 1.165) is 0 Å². The lowest BCUT2D eigenvalue weighted by molar-refractivity contribution is -0.528. The van der Waals surface area contributed by atoms with Crippen molar-refractivity contribution in [1.82, 2.24) is 0 Å². The lowest BCUT2D eigenvalue weighted by Crippen LogP contribution is -2.20. The Morgan fingerprint density at radius 1 is 0.810 bits per heavy atom. The van der Waals surface area contributed by atoms with Gasteiger partial charge in [0.15, 0.2) is 12.6 Å². The third-order valence-electron chi connectivity index (χ3n) is 1.52. The van der Waals surface area contributed by atoms with Gasteiger partial charge in [-0.25, -0.2) is 9.78 Å². The summed E-state index contributed by atoms with van der Waals surface area (Å²) < 4.78 is 13.7. The van der Waals surface area contributed by atoms with Crippen LogP contribution in [0.5, 0.6) is 0 Å². The third kappa shape index (κ3) is 12.0. The van der Waals surface area contributed by atoms with Crippen LogP contribution in [0.25, 0.3) is 0 Å². The smallest absolute Gasteiger partial charge is 0.350 e. The van der Waals surface area contributed by atoms with Crippen molar-refractivity contribution in [2.75, 3.05) is 13.2 Å². The minimum Gasteiger partial charge on any atom is -0.350 e. The number of hydrogen-bond acceptors (Lipinski definition) is 11. The second-order valence-corrected chi connectivity index (χ2v) is 3.14. The Bertz CT molecular complexity index is 267. The summed E-state index contributed by atoms with van der Waals surface area (Å²) in [6.07, 6.45) is -4.67. The number of ether oxygens (including phenoxy) is 3. The fraction of sp³-hybridized carbons (Fsp3) is 0.800. The Kier molecular flexibility index (Phi) is 11.4. The van der Waals surface area contributed by atoms with Crippen molar-refractivity contribution >= 4 is 12.3 Å². The molecule has 0 aromatic rings. The van der Waals surface area contributed by atoms with Crippen molar-refractivity contribution in [3.05, 3.63) is 0 Å². The van der Waals surface area contributed by atoms with Crippen LogP contribution >= 0.6 is 0 Å². The van der Waals surface area contributed by atoms with E-state index in [1.807, 2.05) is 0 Å². The van der Waals surface area contributed by atoms with Crippen LogP contribution in [-0.4, -0.2) is 38.1 Å². The molecular weight excluding hydrogens is 296 g/mol. The van der Waals surface area contributed by atoms with Gasteiger partial charge in [0.25, 0.3) is 0 Å². The maximum absolute atomic E-state index is 10.9. The molecule has 0 aliphatic carbocycles. The summed E-state index contributed by atoms with van der Waals surface area (Å²) in [4.78, 5) is 38.4. The van der Waals surface area contributed by atoms with Crippen LogP contribution in [0.2, 0.25) is 0 Å². The summed E-state index contributed by atoms with van der Waals surface area (Å²) in [5.41, 5.74) is 0. The lowest BCUT2D eigenvalue weighted by Gasteiger charge is -2.10. The molecule has 0 heterocycles. The van der Waals surface area contributed by atoms with Crippen LogP contribution < -0.4 is 0 Å². The molecule has 0 aromatic heterocycles. The quantitative estimate of drug-likeness (QED) is 0.193. The van der Waals surface area contributed by atoms with Crippen LogP contribution in [0.15, 0.2) is 0 Å². The molecule has 0 aliphatic rings. The molecule has 11 heteroatoms. The molecule has 2 atom stereocenters. The summed E-state index contributed by atoms with van der Waals surface area (Å²) >= 11 is 0. The summed E-state index contributed by atoms with van der Waals surface area (Å²) in [5, 5.41) is 7.97. The summed E-state index contributed by atoms with van der Waals surface area (Å²) in [6, 6.07) is 0. The maximum Gasteiger partial charge on any atom is 0.553 e. The fourth-order valence-corrected chi connectivity index (χ4v) is 0.833. The largest absolute Gasteiger partial charge is 0.553 e. The Hall–Kier alpha value is -1.50. The van der Waals surface area contributed by atoms with Gasteiger partial charge in [-0.15, -0.1) is 0 Å². The molecular formula is C10H18O11. The molecule has 0 aliphatic heterocycles. The number of rotatable bonds is 10. The molecule has 0 radical (unpaired) electrons. The van der Waals surface area contributed by atoms with Gasteiger partial charge in [-0.1, -0.05) is 0 Å². The Balaban J connectivity index is 3.63. The van der Waals surface area contributed by atoms with Gasteiger partial charge in [-0.05, 0) is 37.8 Å². The molecule has 21 heavy (non-hydrogen) atoms. The van der Waals surface area contributed by atoms with E-state index in [2.05, 4.69) is 34.4 Å². The van der Waals surface area contributed by atoms with Crippen LogP contribution in [0.1, 0.15) is 27.7 Å². The first-order valence-corrected chi connectivity index (χ1v) is 5.98. The van der Waals surface area contributed by atoms with Crippen LogP contribution in [0, 0.1) is 0 Å². The number of hydrogen-bond donors (Lipinski definition) is 0. The predicted octanol–water partition coefficient (Wildman–Crippen LogP) is 1.77. The van der Waals surface area contributed by atoms with Gasteiger partial charge in [0.1, 0.15) is 0 Å². The highest BCUT2D eigenvalue weighted by atomic mass is 17.5. The molecule has 0 spiro atoms. The van der Waals surface area contributed by atoms with Gasteiger partial charge in [-0.2, -0.15) is 19.4 Å². The van der Waals surface area contributed by atoms with E-state index in [4.69, 9.17) is 9.47 Å². The standard InChI is InChI=1S/C10H18O11/c1-5-13-7(3)16-20-18-9(11)15-10(12)19-21-17-8(4)14-6-2/h7-8H,5-6H2,1-4H3. The first kappa shape index (κ1) is 19.5. The van der Waals surface area contributed by atoms with E-state index < -0.39 is 24.9 Å². The topological polar surface area (TPSA) is 117 Å². The van der Waals surface area contributed by atoms with E-state index in [9.17, 15) is 9.59 Å². The molecule has 0 saturated heterocycles. The molecule has 0 saturated carbocycles. The van der Waals surface area contributed by atoms with Gasteiger partial charge in [-0.3, -0.25) is 0 Å². The zero-order chi connectivity index (χ0) is 16.1. The van der Waals surface area contributed by atoms with Crippen molar-refractivity contribution in [2.24, 2.45) is 0 Å². The van der Waals surface area contributed by atoms with Gasteiger partial charge in [0.2, 0.25) is 0 Å². The predicted molar refractivity (Wildman–Crippen MR) is 60.6 cm³/mol. The fourth-order valence-electron chi connectivity index (χ4n) is 0.833. The van der Waals surface area contributed by atoms with E-state index in [1.165, 1.54) is 13.8 Å². The second kappa shape index (κ2) is 12.3. The van der Waals surface area contributed by atoms with Gasteiger partial charge in [0.05, 0.1) is 0 Å². The van der Waals surface area contributed by atoms with Crippen LogP contribution in [-0.2, 0) is 43.8 Å². The van der Waals surface area contributed by atoms with Gasteiger partial charge < -0.3 is 14.2 Å². The molecule has 0 rings (SSSR count).